The van der Waals surface area contributed by atoms with E-state index in [-0.39, 0.29) is 5.82 Å². The normalized spacial score (nSPS) is 11.4. The quantitative estimate of drug-likeness (QED) is 0.248. The number of hydrogen-bond acceptors (Lipinski definition) is 2. The van der Waals surface area contributed by atoms with Crippen molar-refractivity contribution < 1.29 is 4.39 Å². The molecule has 0 aliphatic heterocycles. The summed E-state index contributed by atoms with van der Waals surface area (Å²) < 4.78 is 12.9. The first-order chi connectivity index (χ1) is 8.17. The Morgan fingerprint density at radius 3 is 2.82 bits per heavy atom. The van der Waals surface area contributed by atoms with Gasteiger partial charge in [-0.3, -0.25) is 10.4 Å². The first-order valence-electron chi connectivity index (χ1n) is 5.71. The lowest BCUT2D eigenvalue weighted by molar-refractivity contribution is 0.627. The van der Waals surface area contributed by atoms with E-state index in [0.717, 1.165) is 24.1 Å². The third kappa shape index (κ3) is 4.40. The highest BCUT2D eigenvalue weighted by atomic mass is 19.1. The van der Waals surface area contributed by atoms with Gasteiger partial charge < -0.3 is 5.32 Å². The summed E-state index contributed by atoms with van der Waals surface area (Å²) in [5.74, 6) is 5.61. The Bertz CT molecular complexity index is 390. The molecular weight excluding hydrogens is 219 g/mol. The van der Waals surface area contributed by atoms with Crippen LogP contribution in [0.2, 0.25) is 0 Å². The van der Waals surface area contributed by atoms with E-state index in [9.17, 15) is 4.39 Å². The van der Waals surface area contributed by atoms with Crippen LogP contribution in [-0.4, -0.2) is 12.5 Å². The van der Waals surface area contributed by atoms with Gasteiger partial charge >= 0.3 is 0 Å². The van der Waals surface area contributed by atoms with Crippen LogP contribution >= 0.6 is 0 Å². The Morgan fingerprint density at radius 2 is 2.24 bits per heavy atom. The lowest BCUT2D eigenvalue weighted by Crippen LogP contribution is -2.36. The number of aryl methyl sites for hydroxylation is 1. The fourth-order valence-corrected chi connectivity index (χ4v) is 1.37. The summed E-state index contributed by atoms with van der Waals surface area (Å²) in [6.07, 6.45) is 2.09. The number of aliphatic imine (C=N–C) groups is 1. The second-order valence-corrected chi connectivity index (χ2v) is 3.81. The average Bonchev–Trinajstić information content (AvgIpc) is 2.31. The molecule has 0 aliphatic rings. The summed E-state index contributed by atoms with van der Waals surface area (Å²) in [6.45, 7) is 4.64. The van der Waals surface area contributed by atoms with E-state index in [1.165, 1.54) is 12.1 Å². The summed E-state index contributed by atoms with van der Waals surface area (Å²) in [5, 5.41) is 3.03. The largest absolute Gasteiger partial charge is 0.325 e. The zero-order valence-electron chi connectivity index (χ0n) is 10.3. The van der Waals surface area contributed by atoms with Crippen LogP contribution in [0.4, 0.5) is 10.1 Å². The van der Waals surface area contributed by atoms with Crippen LogP contribution in [-0.2, 0) is 0 Å². The molecule has 4 N–H and O–H groups in total. The molecule has 0 fully saturated rings. The van der Waals surface area contributed by atoms with Crippen LogP contribution in [0.15, 0.2) is 23.2 Å². The number of guanidine groups is 1. The van der Waals surface area contributed by atoms with Gasteiger partial charge in [0.1, 0.15) is 5.82 Å². The molecule has 0 heterocycles. The van der Waals surface area contributed by atoms with E-state index >= 15 is 0 Å². The third-order valence-electron chi connectivity index (χ3n) is 2.36. The Hall–Kier alpha value is -1.62. The van der Waals surface area contributed by atoms with Crippen molar-refractivity contribution in [1.29, 1.82) is 0 Å². The topological polar surface area (TPSA) is 62.4 Å². The molecule has 0 atom stereocenters. The van der Waals surface area contributed by atoms with Gasteiger partial charge in [0.05, 0.1) is 0 Å². The number of nitrogens with two attached hydrogens (primary N) is 1. The predicted molar refractivity (Wildman–Crippen MR) is 69.3 cm³/mol. The van der Waals surface area contributed by atoms with E-state index in [0.29, 0.717) is 12.5 Å². The van der Waals surface area contributed by atoms with Gasteiger partial charge in [-0.05, 0) is 37.1 Å². The number of anilines is 1. The molecule has 5 heteroatoms. The maximum absolute atomic E-state index is 12.9. The van der Waals surface area contributed by atoms with Crippen LogP contribution in [0.3, 0.4) is 0 Å². The number of benzene rings is 1. The number of halogens is 1. The number of rotatable bonds is 4. The van der Waals surface area contributed by atoms with Crippen molar-refractivity contribution in [2.45, 2.75) is 26.7 Å². The summed E-state index contributed by atoms with van der Waals surface area (Å²) in [5.41, 5.74) is 4.10. The molecule has 0 radical (unpaired) electrons. The Balaban J connectivity index is 2.70. The highest BCUT2D eigenvalue weighted by molar-refractivity contribution is 5.93. The first-order valence-corrected chi connectivity index (χ1v) is 5.71. The van der Waals surface area contributed by atoms with E-state index in [2.05, 4.69) is 22.7 Å². The molecular formula is C12H19FN4. The van der Waals surface area contributed by atoms with Crippen LogP contribution < -0.4 is 16.6 Å². The molecule has 94 valence electrons. The van der Waals surface area contributed by atoms with Gasteiger partial charge in [0, 0.05) is 12.2 Å². The zero-order chi connectivity index (χ0) is 12.7. The SMILES string of the molecule is CCCCN=C(NN)Nc1ccc(F)cc1C. The highest BCUT2D eigenvalue weighted by Gasteiger charge is 2.02. The molecule has 0 bridgehead atoms. The molecule has 0 saturated heterocycles. The molecule has 0 aliphatic carbocycles. The van der Waals surface area contributed by atoms with E-state index < -0.39 is 0 Å². The molecule has 17 heavy (non-hydrogen) atoms. The fraction of sp³-hybridized carbons (Fsp3) is 0.417. The Kier molecular flexibility index (Phi) is 5.42. The Morgan fingerprint density at radius 1 is 1.47 bits per heavy atom. The maximum atomic E-state index is 12.9. The van der Waals surface area contributed by atoms with E-state index in [1.54, 1.807) is 6.07 Å². The van der Waals surface area contributed by atoms with E-state index in [1.807, 2.05) is 6.92 Å². The van der Waals surface area contributed by atoms with Gasteiger partial charge in [-0.1, -0.05) is 13.3 Å². The molecule has 0 saturated carbocycles. The van der Waals surface area contributed by atoms with Crippen LogP contribution in [0.5, 0.6) is 0 Å². The molecule has 0 unspecified atom stereocenters. The van der Waals surface area contributed by atoms with Crippen LogP contribution in [0.25, 0.3) is 0 Å². The minimum Gasteiger partial charge on any atom is -0.325 e. The lowest BCUT2D eigenvalue weighted by Gasteiger charge is -2.11. The van der Waals surface area contributed by atoms with Crippen LogP contribution in [0, 0.1) is 12.7 Å². The van der Waals surface area contributed by atoms with Crippen LogP contribution in [0.1, 0.15) is 25.3 Å². The van der Waals surface area contributed by atoms with Crippen molar-refractivity contribution in [3.05, 3.63) is 29.6 Å². The first kappa shape index (κ1) is 13.4. The predicted octanol–water partition coefficient (Wildman–Crippen LogP) is 2.17. The van der Waals surface area contributed by atoms with Crippen molar-refractivity contribution in [2.24, 2.45) is 10.8 Å². The number of unbranched alkanes of at least 4 members (excludes halogenated alkanes) is 1. The molecule has 1 aromatic rings. The van der Waals surface area contributed by atoms with Crippen molar-refractivity contribution in [3.63, 3.8) is 0 Å². The molecule has 1 aromatic carbocycles. The average molecular weight is 238 g/mol. The zero-order valence-corrected chi connectivity index (χ0v) is 10.3. The maximum Gasteiger partial charge on any atom is 0.210 e. The number of hydrazine groups is 1. The summed E-state index contributed by atoms with van der Waals surface area (Å²) in [7, 11) is 0. The number of hydrogen-bond donors (Lipinski definition) is 3. The summed E-state index contributed by atoms with van der Waals surface area (Å²) in [6, 6.07) is 4.52. The van der Waals surface area contributed by atoms with Crippen molar-refractivity contribution in [2.75, 3.05) is 11.9 Å². The summed E-state index contributed by atoms with van der Waals surface area (Å²) >= 11 is 0. The van der Waals surface area contributed by atoms with E-state index in [4.69, 9.17) is 5.84 Å². The van der Waals surface area contributed by atoms with Gasteiger partial charge in [-0.2, -0.15) is 0 Å². The second-order valence-electron chi connectivity index (χ2n) is 3.81. The van der Waals surface area contributed by atoms with Crippen molar-refractivity contribution in [3.8, 4) is 0 Å². The molecule has 4 nitrogen and oxygen atoms in total. The van der Waals surface area contributed by atoms with Gasteiger partial charge in [0.2, 0.25) is 5.96 Å². The smallest absolute Gasteiger partial charge is 0.210 e. The highest BCUT2D eigenvalue weighted by Crippen LogP contribution is 2.15. The minimum atomic E-state index is -0.252. The van der Waals surface area contributed by atoms with Gasteiger partial charge in [-0.25, -0.2) is 10.2 Å². The standard InChI is InChI=1S/C12H19FN4/c1-3-4-7-15-12(17-14)16-11-6-5-10(13)8-9(11)2/h5-6,8H,3-4,7,14H2,1-2H3,(H2,15,16,17). The van der Waals surface area contributed by atoms with Gasteiger partial charge in [0.25, 0.3) is 0 Å². The number of nitrogens with one attached hydrogen (secondary N) is 2. The van der Waals surface area contributed by atoms with Crippen molar-refractivity contribution >= 4 is 11.6 Å². The van der Waals surface area contributed by atoms with Gasteiger partial charge in [-0.15, -0.1) is 0 Å². The van der Waals surface area contributed by atoms with Crippen molar-refractivity contribution in [1.82, 2.24) is 5.43 Å². The minimum absolute atomic E-state index is 0.252. The molecule has 0 aromatic heterocycles. The number of nitrogens with zero attached hydrogens (tertiary/aromatic N) is 1. The third-order valence-corrected chi connectivity index (χ3v) is 2.36. The molecule has 0 spiro atoms. The van der Waals surface area contributed by atoms with Gasteiger partial charge in [0.15, 0.2) is 0 Å². The Labute approximate surface area is 101 Å². The fourth-order valence-electron chi connectivity index (χ4n) is 1.37. The monoisotopic (exact) mass is 238 g/mol. The molecule has 0 amide bonds. The molecule has 1 rings (SSSR count). The summed E-state index contributed by atoms with van der Waals surface area (Å²) in [4.78, 5) is 4.27. The second kappa shape index (κ2) is 6.85. The lowest BCUT2D eigenvalue weighted by atomic mass is 10.2.